The summed E-state index contributed by atoms with van der Waals surface area (Å²) in [7, 11) is 0. The zero-order chi connectivity index (χ0) is 23.8. The fourth-order valence-electron chi connectivity index (χ4n) is 4.13. The van der Waals surface area contributed by atoms with Crippen molar-refractivity contribution >= 4 is 46.4 Å². The Morgan fingerprint density at radius 2 is 1.68 bits per heavy atom. The summed E-state index contributed by atoms with van der Waals surface area (Å²) < 4.78 is 5.28. The van der Waals surface area contributed by atoms with Crippen LogP contribution in [0.5, 0.6) is 0 Å². The highest BCUT2D eigenvalue weighted by molar-refractivity contribution is 6.39. The lowest BCUT2D eigenvalue weighted by Crippen LogP contribution is -2.28. The quantitative estimate of drug-likeness (QED) is 0.357. The molecular weight excluding hydrogens is 473 g/mol. The van der Waals surface area contributed by atoms with Crippen LogP contribution in [-0.2, 0) is 6.42 Å². The van der Waals surface area contributed by atoms with Gasteiger partial charge in [-0.15, -0.1) is 0 Å². The van der Waals surface area contributed by atoms with E-state index in [4.69, 9.17) is 27.7 Å². The molecule has 0 bridgehead atoms. The highest BCUT2D eigenvalue weighted by atomic mass is 35.5. The number of halogens is 2. The fourth-order valence-corrected chi connectivity index (χ4v) is 4.71. The van der Waals surface area contributed by atoms with Crippen LogP contribution in [0.15, 0.2) is 71.3 Å². The Labute approximate surface area is 206 Å². The molecule has 1 aliphatic rings. The Bertz CT molecular complexity index is 1390. The van der Waals surface area contributed by atoms with Gasteiger partial charge in [-0.3, -0.25) is 9.59 Å². The normalized spacial score (nSPS) is 12.5. The van der Waals surface area contributed by atoms with Crippen LogP contribution in [0.3, 0.4) is 0 Å². The molecule has 34 heavy (non-hydrogen) atoms. The van der Waals surface area contributed by atoms with E-state index in [1.807, 2.05) is 24.3 Å². The van der Waals surface area contributed by atoms with E-state index in [2.05, 4.69) is 10.5 Å². The monoisotopic (exact) mass is 491 g/mol. The first-order valence-electron chi connectivity index (χ1n) is 10.7. The maximum Gasteiger partial charge on any atom is 0.261 e. The highest BCUT2D eigenvalue weighted by Gasteiger charge is 2.26. The number of amides is 2. The van der Waals surface area contributed by atoms with Crippen LogP contribution in [0.4, 0.5) is 11.4 Å². The number of aromatic nitrogens is 1. The Morgan fingerprint density at radius 1 is 0.971 bits per heavy atom. The van der Waals surface area contributed by atoms with Crippen molar-refractivity contribution in [1.82, 2.24) is 5.16 Å². The molecule has 4 aromatic rings. The number of carbonyl (C=O) groups excluding carboxylic acids is 2. The van der Waals surface area contributed by atoms with E-state index in [9.17, 15) is 9.59 Å². The van der Waals surface area contributed by atoms with Gasteiger partial charge >= 0.3 is 0 Å². The lowest BCUT2D eigenvalue weighted by atomic mass is 10.1. The fraction of sp³-hybridized carbons (Fsp3) is 0.115. The van der Waals surface area contributed by atoms with Crippen LogP contribution in [0.1, 0.15) is 32.0 Å². The third kappa shape index (κ3) is 3.95. The molecule has 0 unspecified atom stereocenters. The number of anilines is 2. The minimum atomic E-state index is -0.419. The van der Waals surface area contributed by atoms with E-state index in [-0.39, 0.29) is 17.2 Å². The van der Waals surface area contributed by atoms with Gasteiger partial charge in [-0.1, -0.05) is 52.6 Å². The van der Waals surface area contributed by atoms with Crippen LogP contribution in [-0.4, -0.2) is 23.5 Å². The summed E-state index contributed by atoms with van der Waals surface area (Å²) in [5, 5.41) is 7.58. The molecule has 0 spiro atoms. The summed E-state index contributed by atoms with van der Waals surface area (Å²) in [4.78, 5) is 27.9. The van der Waals surface area contributed by atoms with E-state index in [0.717, 1.165) is 12.1 Å². The number of rotatable bonds is 4. The third-order valence-electron chi connectivity index (χ3n) is 5.81. The van der Waals surface area contributed by atoms with Gasteiger partial charge in [0.25, 0.3) is 11.8 Å². The predicted molar refractivity (Wildman–Crippen MR) is 133 cm³/mol. The van der Waals surface area contributed by atoms with E-state index < -0.39 is 5.91 Å². The molecule has 6 nitrogen and oxygen atoms in total. The predicted octanol–water partition coefficient (Wildman–Crippen LogP) is 6.41. The Kier molecular flexibility index (Phi) is 5.86. The summed E-state index contributed by atoms with van der Waals surface area (Å²) in [6.45, 7) is 2.29. The first-order chi connectivity index (χ1) is 16.4. The van der Waals surface area contributed by atoms with E-state index in [1.165, 1.54) is 5.56 Å². The zero-order valence-corrected chi connectivity index (χ0v) is 19.7. The summed E-state index contributed by atoms with van der Waals surface area (Å²) in [6, 6.07) is 19.7. The van der Waals surface area contributed by atoms with Crippen molar-refractivity contribution in [2.75, 3.05) is 16.8 Å². The molecule has 2 amide bonds. The minimum Gasteiger partial charge on any atom is -0.360 e. The Hall–Kier alpha value is -3.61. The van der Waals surface area contributed by atoms with Gasteiger partial charge in [-0.05, 0) is 61.4 Å². The van der Waals surface area contributed by atoms with E-state index in [0.29, 0.717) is 39.2 Å². The number of fused-ring (bicyclic) bond motifs is 1. The molecular formula is C26H19Cl2N3O3. The van der Waals surface area contributed by atoms with Gasteiger partial charge in [0.2, 0.25) is 0 Å². The molecule has 0 saturated carbocycles. The van der Waals surface area contributed by atoms with Gasteiger partial charge < -0.3 is 14.7 Å². The molecule has 1 N–H and O–H groups in total. The molecule has 1 aliphatic heterocycles. The van der Waals surface area contributed by atoms with Gasteiger partial charge in [-0.25, -0.2) is 0 Å². The molecule has 170 valence electrons. The SMILES string of the molecule is Cc1onc(-c2c(Cl)cccc2Cl)c1C(=O)Nc1ccc(C(=O)N2CCc3ccccc32)cc1. The van der Waals surface area contributed by atoms with Crippen molar-refractivity contribution < 1.29 is 14.1 Å². The van der Waals surface area contributed by atoms with Gasteiger partial charge in [0.1, 0.15) is 17.0 Å². The molecule has 2 heterocycles. The largest absolute Gasteiger partial charge is 0.360 e. The van der Waals surface area contributed by atoms with Gasteiger partial charge in [0, 0.05) is 29.0 Å². The standard InChI is InChI=1S/C26H19Cl2N3O3/c1-15-22(24(30-34-15)23-19(27)6-4-7-20(23)28)25(32)29-18-11-9-17(10-12-18)26(33)31-14-13-16-5-2-3-8-21(16)31/h2-12H,13-14H2,1H3,(H,29,32). The molecule has 0 saturated heterocycles. The topological polar surface area (TPSA) is 75.4 Å². The van der Waals surface area contributed by atoms with Crippen molar-refractivity contribution in [2.45, 2.75) is 13.3 Å². The number of hydrogen-bond acceptors (Lipinski definition) is 4. The second-order valence-corrected chi connectivity index (χ2v) is 8.74. The molecule has 8 heteroatoms. The molecule has 1 aromatic heterocycles. The smallest absolute Gasteiger partial charge is 0.261 e. The van der Waals surface area contributed by atoms with Gasteiger partial charge in [0.05, 0.1) is 10.0 Å². The van der Waals surface area contributed by atoms with Crippen LogP contribution in [0.2, 0.25) is 10.0 Å². The van der Waals surface area contributed by atoms with Crippen molar-refractivity contribution in [3.05, 3.63) is 99.2 Å². The zero-order valence-electron chi connectivity index (χ0n) is 18.1. The highest BCUT2D eigenvalue weighted by Crippen LogP contribution is 2.37. The number of hydrogen-bond donors (Lipinski definition) is 1. The third-order valence-corrected chi connectivity index (χ3v) is 6.44. The van der Waals surface area contributed by atoms with Gasteiger partial charge in [0.15, 0.2) is 0 Å². The second kappa shape index (κ2) is 8.97. The number of carbonyl (C=O) groups is 2. The average Bonchev–Trinajstić information content (AvgIpc) is 3.43. The average molecular weight is 492 g/mol. The molecule has 0 atom stereocenters. The van der Waals surface area contributed by atoms with Crippen molar-refractivity contribution in [3.8, 4) is 11.3 Å². The van der Waals surface area contributed by atoms with E-state index >= 15 is 0 Å². The number of aryl methyl sites for hydroxylation is 1. The summed E-state index contributed by atoms with van der Waals surface area (Å²) in [5.74, 6) is -0.159. The number of nitrogens with one attached hydrogen (secondary N) is 1. The summed E-state index contributed by atoms with van der Waals surface area (Å²) >= 11 is 12.6. The number of para-hydroxylation sites is 1. The lowest BCUT2D eigenvalue weighted by Gasteiger charge is -2.17. The van der Waals surface area contributed by atoms with Crippen molar-refractivity contribution in [1.29, 1.82) is 0 Å². The Balaban J connectivity index is 1.36. The molecule has 5 rings (SSSR count). The van der Waals surface area contributed by atoms with Gasteiger partial charge in [-0.2, -0.15) is 0 Å². The van der Waals surface area contributed by atoms with Crippen molar-refractivity contribution in [3.63, 3.8) is 0 Å². The minimum absolute atomic E-state index is 0.0756. The summed E-state index contributed by atoms with van der Waals surface area (Å²) in [6.07, 6.45) is 0.839. The molecule has 0 radical (unpaired) electrons. The van der Waals surface area contributed by atoms with Crippen LogP contribution in [0.25, 0.3) is 11.3 Å². The maximum absolute atomic E-state index is 13.1. The first kappa shape index (κ1) is 22.2. The summed E-state index contributed by atoms with van der Waals surface area (Å²) in [5.41, 5.74) is 4.12. The lowest BCUT2D eigenvalue weighted by molar-refractivity contribution is 0.0988. The van der Waals surface area contributed by atoms with E-state index in [1.54, 1.807) is 54.3 Å². The Morgan fingerprint density at radius 3 is 2.41 bits per heavy atom. The van der Waals surface area contributed by atoms with Crippen LogP contribution >= 0.6 is 23.2 Å². The van der Waals surface area contributed by atoms with Crippen molar-refractivity contribution in [2.24, 2.45) is 0 Å². The maximum atomic E-state index is 13.1. The molecule has 3 aromatic carbocycles. The van der Waals surface area contributed by atoms with Crippen LogP contribution < -0.4 is 10.2 Å². The van der Waals surface area contributed by atoms with Crippen LogP contribution in [0, 0.1) is 6.92 Å². The molecule has 0 aliphatic carbocycles. The number of nitrogens with zero attached hydrogens (tertiary/aromatic N) is 2. The number of benzene rings is 3. The molecule has 0 fully saturated rings. The first-order valence-corrected chi connectivity index (χ1v) is 11.4. The second-order valence-electron chi connectivity index (χ2n) is 7.93.